The summed E-state index contributed by atoms with van der Waals surface area (Å²) in [7, 11) is 0. The molecule has 3 rings (SSSR count). The van der Waals surface area contributed by atoms with E-state index >= 15 is 0 Å². The molecule has 0 spiro atoms. The van der Waals surface area contributed by atoms with Crippen molar-refractivity contribution < 1.29 is 19.2 Å². The number of amides is 1. The minimum atomic E-state index is -0.964. The molecular weight excluding hydrogens is 306 g/mol. The number of piperidine rings is 1. The first-order chi connectivity index (χ1) is 11.0. The number of likely N-dealkylation sites (tertiary alicyclic amines) is 1. The van der Waals surface area contributed by atoms with Crippen molar-refractivity contribution in [1.82, 2.24) is 20.1 Å². The average molecular weight is 319 g/mol. The molecule has 0 aliphatic carbocycles. The summed E-state index contributed by atoms with van der Waals surface area (Å²) in [6, 6.07) is 2.73. The number of aromatic nitrogens is 3. The molecule has 2 aromatic heterocycles. The van der Waals surface area contributed by atoms with Crippen molar-refractivity contribution in [1.29, 1.82) is 0 Å². The number of nitrogens with zero attached hydrogens (tertiary/aromatic N) is 5. The van der Waals surface area contributed by atoms with Gasteiger partial charge >= 0.3 is 11.9 Å². The van der Waals surface area contributed by atoms with Crippen LogP contribution in [-0.4, -0.2) is 49.3 Å². The van der Waals surface area contributed by atoms with Crippen LogP contribution in [0, 0.1) is 10.1 Å². The molecule has 10 nitrogen and oxygen atoms in total. The molecule has 2 aromatic rings. The molecule has 120 valence electrons. The fourth-order valence-electron chi connectivity index (χ4n) is 2.49. The van der Waals surface area contributed by atoms with Gasteiger partial charge in [0.05, 0.1) is 11.5 Å². The standard InChI is InChI=1S/C13H13N5O5/c19-13(20)17-5-1-2-9(7-17)12-16-15-11(23-12)8-3-4-10(14-6-8)18(21)22/h3-4,6,9H,1-2,5,7H2,(H,19,20). The van der Waals surface area contributed by atoms with Gasteiger partial charge in [0.25, 0.3) is 5.89 Å². The van der Waals surface area contributed by atoms with Gasteiger partial charge in [-0.2, -0.15) is 0 Å². The number of pyridine rings is 1. The van der Waals surface area contributed by atoms with Gasteiger partial charge in [-0.05, 0) is 28.8 Å². The van der Waals surface area contributed by atoms with Crippen LogP contribution in [0.25, 0.3) is 11.5 Å². The molecule has 1 atom stereocenters. The van der Waals surface area contributed by atoms with Crippen LogP contribution in [-0.2, 0) is 0 Å². The number of carbonyl (C=O) groups is 1. The lowest BCUT2D eigenvalue weighted by atomic mass is 9.98. The smallest absolute Gasteiger partial charge is 0.407 e. The topological polar surface area (TPSA) is 135 Å². The summed E-state index contributed by atoms with van der Waals surface area (Å²) >= 11 is 0. The van der Waals surface area contributed by atoms with Gasteiger partial charge < -0.3 is 24.5 Å². The first-order valence-corrected chi connectivity index (χ1v) is 6.96. The Morgan fingerprint density at radius 3 is 2.91 bits per heavy atom. The molecule has 23 heavy (non-hydrogen) atoms. The highest BCUT2D eigenvalue weighted by atomic mass is 16.6. The van der Waals surface area contributed by atoms with Crippen LogP contribution in [0.2, 0.25) is 0 Å². The second-order valence-corrected chi connectivity index (χ2v) is 5.18. The van der Waals surface area contributed by atoms with E-state index in [0.29, 0.717) is 24.5 Å². The Balaban J connectivity index is 1.77. The van der Waals surface area contributed by atoms with Crippen LogP contribution in [0.15, 0.2) is 22.7 Å². The SMILES string of the molecule is O=C(O)N1CCCC(c2nnc(-c3ccc([N+](=O)[O-])nc3)o2)C1. The molecule has 1 saturated heterocycles. The van der Waals surface area contributed by atoms with Crippen molar-refractivity contribution in [2.75, 3.05) is 13.1 Å². The molecule has 0 radical (unpaired) electrons. The number of nitro groups is 1. The third-order valence-electron chi connectivity index (χ3n) is 3.66. The fraction of sp³-hybridized carbons (Fsp3) is 0.385. The van der Waals surface area contributed by atoms with Crippen molar-refractivity contribution in [3.05, 3.63) is 34.3 Å². The summed E-state index contributed by atoms with van der Waals surface area (Å²) in [6.45, 7) is 0.814. The quantitative estimate of drug-likeness (QED) is 0.669. The van der Waals surface area contributed by atoms with E-state index in [1.807, 2.05) is 0 Å². The largest absolute Gasteiger partial charge is 0.465 e. The highest BCUT2D eigenvalue weighted by Crippen LogP contribution is 2.28. The maximum Gasteiger partial charge on any atom is 0.407 e. The molecule has 0 aromatic carbocycles. The number of carboxylic acid groups (broad SMARTS) is 1. The minimum absolute atomic E-state index is 0.146. The summed E-state index contributed by atoms with van der Waals surface area (Å²) in [5.74, 6) is 0.157. The fourth-order valence-corrected chi connectivity index (χ4v) is 2.49. The molecule has 1 fully saturated rings. The second kappa shape index (κ2) is 5.99. The van der Waals surface area contributed by atoms with Gasteiger partial charge in [0.1, 0.15) is 0 Å². The van der Waals surface area contributed by atoms with Crippen LogP contribution in [0.3, 0.4) is 0 Å². The van der Waals surface area contributed by atoms with E-state index in [4.69, 9.17) is 9.52 Å². The summed E-state index contributed by atoms with van der Waals surface area (Å²) in [5, 5.41) is 27.5. The summed E-state index contributed by atoms with van der Waals surface area (Å²) in [5.41, 5.74) is 0.472. The Labute approximate surface area is 129 Å². The molecule has 1 N–H and O–H groups in total. The van der Waals surface area contributed by atoms with E-state index in [0.717, 1.165) is 12.8 Å². The van der Waals surface area contributed by atoms with E-state index in [2.05, 4.69) is 15.2 Å². The zero-order valence-corrected chi connectivity index (χ0v) is 12.0. The summed E-state index contributed by atoms with van der Waals surface area (Å²) in [4.78, 5) is 26.1. The average Bonchev–Trinajstić information content (AvgIpc) is 3.05. The Hall–Kier alpha value is -3.04. The second-order valence-electron chi connectivity index (χ2n) is 5.18. The molecule has 1 unspecified atom stereocenters. The van der Waals surface area contributed by atoms with Crippen molar-refractivity contribution in [2.24, 2.45) is 0 Å². The van der Waals surface area contributed by atoms with E-state index in [9.17, 15) is 14.9 Å². The van der Waals surface area contributed by atoms with Crippen molar-refractivity contribution >= 4 is 11.9 Å². The van der Waals surface area contributed by atoms with E-state index < -0.39 is 11.0 Å². The lowest BCUT2D eigenvalue weighted by molar-refractivity contribution is -0.389. The van der Waals surface area contributed by atoms with Gasteiger partial charge in [-0.25, -0.2) is 4.79 Å². The normalized spacial score (nSPS) is 17.9. The van der Waals surface area contributed by atoms with E-state index in [1.165, 1.54) is 23.2 Å². The molecule has 3 heterocycles. The maximum atomic E-state index is 11.0. The van der Waals surface area contributed by atoms with E-state index in [-0.39, 0.29) is 17.6 Å². The molecule has 1 aliphatic rings. The number of hydrogen-bond acceptors (Lipinski definition) is 7. The molecule has 1 amide bonds. The van der Waals surface area contributed by atoms with Crippen molar-refractivity contribution in [3.8, 4) is 11.5 Å². The Bertz CT molecular complexity index is 729. The Morgan fingerprint density at radius 1 is 1.43 bits per heavy atom. The first kappa shape index (κ1) is 14.9. The number of hydrogen-bond donors (Lipinski definition) is 1. The predicted octanol–water partition coefficient (Wildman–Crippen LogP) is 1.90. The van der Waals surface area contributed by atoms with Gasteiger partial charge in [-0.15, -0.1) is 10.2 Å². The lowest BCUT2D eigenvalue weighted by Crippen LogP contribution is -2.38. The highest BCUT2D eigenvalue weighted by Gasteiger charge is 2.28. The summed E-state index contributed by atoms with van der Waals surface area (Å²) in [6.07, 6.45) is 1.83. The van der Waals surface area contributed by atoms with Crippen LogP contribution < -0.4 is 0 Å². The van der Waals surface area contributed by atoms with Crippen LogP contribution >= 0.6 is 0 Å². The van der Waals surface area contributed by atoms with Crippen LogP contribution in [0.1, 0.15) is 24.7 Å². The molecular formula is C13H13N5O5. The van der Waals surface area contributed by atoms with Gasteiger partial charge in [0.15, 0.2) is 6.20 Å². The monoisotopic (exact) mass is 319 g/mol. The molecule has 0 saturated carbocycles. The van der Waals surface area contributed by atoms with E-state index in [1.54, 1.807) is 0 Å². The minimum Gasteiger partial charge on any atom is -0.465 e. The zero-order valence-electron chi connectivity index (χ0n) is 12.0. The molecule has 0 bridgehead atoms. The number of rotatable bonds is 3. The maximum absolute atomic E-state index is 11.0. The third kappa shape index (κ3) is 3.10. The lowest BCUT2D eigenvalue weighted by Gasteiger charge is -2.28. The Kier molecular flexibility index (Phi) is 3.87. The van der Waals surface area contributed by atoms with Crippen molar-refractivity contribution in [3.63, 3.8) is 0 Å². The van der Waals surface area contributed by atoms with Crippen LogP contribution in [0.4, 0.5) is 10.6 Å². The highest BCUT2D eigenvalue weighted by molar-refractivity contribution is 5.65. The third-order valence-corrected chi connectivity index (χ3v) is 3.66. The molecule has 1 aliphatic heterocycles. The first-order valence-electron chi connectivity index (χ1n) is 6.96. The van der Waals surface area contributed by atoms with Crippen molar-refractivity contribution in [2.45, 2.75) is 18.8 Å². The Morgan fingerprint density at radius 2 is 2.26 bits per heavy atom. The predicted molar refractivity (Wildman–Crippen MR) is 75.8 cm³/mol. The molecule has 10 heteroatoms. The van der Waals surface area contributed by atoms with Gasteiger partial charge in [-0.1, -0.05) is 0 Å². The van der Waals surface area contributed by atoms with Gasteiger partial charge in [-0.3, -0.25) is 0 Å². The van der Waals surface area contributed by atoms with Crippen LogP contribution in [0.5, 0.6) is 0 Å². The van der Waals surface area contributed by atoms with Gasteiger partial charge in [0, 0.05) is 19.2 Å². The van der Waals surface area contributed by atoms with Gasteiger partial charge in [0.2, 0.25) is 5.89 Å². The summed E-state index contributed by atoms with van der Waals surface area (Å²) < 4.78 is 5.59. The zero-order chi connectivity index (χ0) is 16.4.